The van der Waals surface area contributed by atoms with Gasteiger partial charge >= 0.3 is 0 Å². The van der Waals surface area contributed by atoms with E-state index < -0.39 is 0 Å². The first kappa shape index (κ1) is 28.9. The largest absolute Gasteiger partial charge is 0.495 e. The zero-order chi connectivity index (χ0) is 28.9. The molecule has 2 aromatic heterocycles. The van der Waals surface area contributed by atoms with E-state index in [4.69, 9.17) is 32.9 Å². The van der Waals surface area contributed by atoms with E-state index in [1.807, 2.05) is 0 Å². The summed E-state index contributed by atoms with van der Waals surface area (Å²) in [5, 5.41) is 7.81. The number of hydrogen-bond acceptors (Lipinski definition) is 7. The number of carbonyl (C=O) groups excluding carboxylic acids is 1. The Morgan fingerprint density at radius 1 is 1.05 bits per heavy atom. The van der Waals surface area contributed by atoms with Crippen LogP contribution in [-0.2, 0) is 6.42 Å². The number of likely N-dealkylation sites (N-methyl/N-ethyl adjacent to an activating group) is 1. The zero-order valence-corrected chi connectivity index (χ0v) is 24.5. The van der Waals surface area contributed by atoms with Crippen LogP contribution in [0.1, 0.15) is 21.6 Å². The second-order valence-electron chi connectivity index (χ2n) is 10.0. The minimum absolute atomic E-state index is 0.173. The lowest BCUT2D eigenvalue weighted by molar-refractivity contribution is 0.0940. The number of fused-ring (bicyclic) bond motifs is 1. The second kappa shape index (κ2) is 12.9. The monoisotopic (exact) mass is 594 g/mol. The van der Waals surface area contributed by atoms with Crippen molar-refractivity contribution < 1.29 is 9.53 Å². The third-order valence-electron chi connectivity index (χ3n) is 7.25. The van der Waals surface area contributed by atoms with Crippen molar-refractivity contribution in [1.82, 2.24) is 25.1 Å². The number of nitrogens with zero attached hydrogens (tertiary/aromatic N) is 3. The lowest BCUT2D eigenvalue weighted by Crippen LogP contribution is -2.46. The quantitative estimate of drug-likeness (QED) is 0.261. The third-order valence-corrected chi connectivity index (χ3v) is 7.95. The van der Waals surface area contributed by atoms with Crippen LogP contribution in [0.2, 0.25) is 10.0 Å². The molecule has 9 nitrogen and oxygen atoms in total. The van der Waals surface area contributed by atoms with Crippen LogP contribution in [0, 0.1) is 0 Å². The molecule has 0 aliphatic carbocycles. The Bertz CT molecular complexity index is 1600. The Labute approximate surface area is 248 Å². The van der Waals surface area contributed by atoms with E-state index in [2.05, 4.69) is 32.5 Å². The van der Waals surface area contributed by atoms with Crippen LogP contribution in [0.5, 0.6) is 5.75 Å². The van der Waals surface area contributed by atoms with Crippen molar-refractivity contribution in [2.75, 3.05) is 58.7 Å². The fraction of sp³-hybridized carbons (Fsp3) is 0.300. The highest BCUT2D eigenvalue weighted by Crippen LogP contribution is 2.33. The highest BCUT2D eigenvalue weighted by atomic mass is 35.5. The van der Waals surface area contributed by atoms with Gasteiger partial charge in [0.15, 0.2) is 0 Å². The predicted molar refractivity (Wildman–Crippen MR) is 164 cm³/mol. The highest BCUT2D eigenvalue weighted by molar-refractivity contribution is 6.36. The van der Waals surface area contributed by atoms with Gasteiger partial charge in [0, 0.05) is 73.2 Å². The van der Waals surface area contributed by atoms with Crippen LogP contribution in [0.3, 0.4) is 0 Å². The number of halogens is 2. The molecule has 1 amide bonds. The van der Waals surface area contributed by atoms with Gasteiger partial charge in [0.25, 0.3) is 11.5 Å². The van der Waals surface area contributed by atoms with E-state index in [0.29, 0.717) is 62.3 Å². The minimum atomic E-state index is -0.282. The lowest BCUT2D eigenvalue weighted by Gasteiger charge is -2.32. The topological polar surface area (TPSA) is 103 Å². The van der Waals surface area contributed by atoms with Crippen LogP contribution in [0.25, 0.3) is 10.9 Å². The number of methoxy groups -OCH3 is 1. The summed E-state index contributed by atoms with van der Waals surface area (Å²) in [5.41, 5.74) is 3.28. The molecule has 0 spiro atoms. The van der Waals surface area contributed by atoms with Gasteiger partial charge in [-0.15, -0.1) is 0 Å². The van der Waals surface area contributed by atoms with Gasteiger partial charge in [-0.25, -0.2) is 0 Å². The molecular formula is C30H32Cl2N6O3. The Balaban J connectivity index is 1.37. The Morgan fingerprint density at radius 3 is 2.54 bits per heavy atom. The molecule has 1 fully saturated rings. The summed E-state index contributed by atoms with van der Waals surface area (Å²) in [7, 11) is 3.66. The SMILES string of the molecule is COc1cc(C(=O)NCCN2CCN(C)CC2)ccc1Nc1cc(Cc2c(Cl)cccc2Cl)nc2cc[nH]c(=O)c12. The average molecular weight is 596 g/mol. The molecule has 5 rings (SSSR count). The van der Waals surface area contributed by atoms with E-state index in [-0.39, 0.29) is 11.5 Å². The molecule has 0 saturated carbocycles. The second-order valence-corrected chi connectivity index (χ2v) is 10.9. The van der Waals surface area contributed by atoms with E-state index in [0.717, 1.165) is 38.3 Å². The smallest absolute Gasteiger partial charge is 0.259 e. The van der Waals surface area contributed by atoms with E-state index in [1.165, 1.54) is 7.11 Å². The maximum Gasteiger partial charge on any atom is 0.259 e. The first-order valence-corrected chi connectivity index (χ1v) is 14.2. The number of aromatic amines is 1. The molecule has 2 aromatic carbocycles. The molecule has 1 saturated heterocycles. The molecule has 1 aliphatic rings. The van der Waals surface area contributed by atoms with Gasteiger partial charge in [0.2, 0.25) is 0 Å². The van der Waals surface area contributed by atoms with Crippen LogP contribution in [0.4, 0.5) is 11.4 Å². The van der Waals surface area contributed by atoms with Crippen molar-refractivity contribution in [2.45, 2.75) is 6.42 Å². The number of amides is 1. The normalized spacial score (nSPS) is 14.2. The molecule has 214 valence electrons. The molecule has 0 radical (unpaired) electrons. The third kappa shape index (κ3) is 6.82. The van der Waals surface area contributed by atoms with Gasteiger partial charge in [-0.1, -0.05) is 29.3 Å². The predicted octanol–water partition coefficient (Wildman–Crippen LogP) is 4.55. The first-order valence-electron chi connectivity index (χ1n) is 13.4. The van der Waals surface area contributed by atoms with E-state index >= 15 is 0 Å². The fourth-order valence-electron chi connectivity index (χ4n) is 4.90. The van der Waals surface area contributed by atoms with Crippen molar-refractivity contribution in [2.24, 2.45) is 0 Å². The molecule has 0 atom stereocenters. The van der Waals surface area contributed by atoms with E-state index in [1.54, 1.807) is 54.7 Å². The fourth-order valence-corrected chi connectivity index (χ4v) is 5.43. The summed E-state index contributed by atoms with van der Waals surface area (Å²) in [6.07, 6.45) is 1.94. The van der Waals surface area contributed by atoms with Gasteiger partial charge in [-0.2, -0.15) is 0 Å². The summed E-state index contributed by atoms with van der Waals surface area (Å²) in [5.74, 6) is 0.290. The van der Waals surface area contributed by atoms with Gasteiger partial charge in [-0.3, -0.25) is 19.5 Å². The molecule has 0 unspecified atom stereocenters. The Kier molecular flexibility index (Phi) is 9.09. The lowest BCUT2D eigenvalue weighted by atomic mass is 10.1. The van der Waals surface area contributed by atoms with Gasteiger partial charge in [0.1, 0.15) is 5.75 Å². The molecule has 3 heterocycles. The molecule has 1 aliphatic heterocycles. The highest BCUT2D eigenvalue weighted by Gasteiger charge is 2.17. The standard InChI is InChI=1S/C30H32Cl2N6O3/c1-37-12-14-38(15-13-37)11-10-34-29(39)19-6-7-24(27(16-19)41-2)36-26-18-20(17-21-22(31)4-3-5-23(21)32)35-25-8-9-33-30(40)28(25)26/h3-9,16,18H,10-15,17H2,1-2H3,(H,33,40)(H,34,39)(H,35,36). The summed E-state index contributed by atoms with van der Waals surface area (Å²) < 4.78 is 5.63. The number of aromatic nitrogens is 2. The zero-order valence-electron chi connectivity index (χ0n) is 23.0. The average Bonchev–Trinajstić information content (AvgIpc) is 2.96. The number of benzene rings is 2. The Hall–Kier alpha value is -3.63. The van der Waals surface area contributed by atoms with Gasteiger partial charge in [-0.05, 0) is 55.1 Å². The van der Waals surface area contributed by atoms with Crippen LogP contribution >= 0.6 is 23.2 Å². The molecule has 11 heteroatoms. The molecular weight excluding hydrogens is 563 g/mol. The van der Waals surface area contributed by atoms with Crippen molar-refractivity contribution >= 4 is 51.4 Å². The van der Waals surface area contributed by atoms with Gasteiger partial charge < -0.3 is 25.3 Å². The maximum absolute atomic E-state index is 12.9. The van der Waals surface area contributed by atoms with Crippen LogP contribution < -0.4 is 20.9 Å². The van der Waals surface area contributed by atoms with Crippen molar-refractivity contribution in [3.05, 3.63) is 91.9 Å². The number of piperazine rings is 1. The molecule has 3 N–H and O–H groups in total. The summed E-state index contributed by atoms with van der Waals surface area (Å²) in [6.45, 7) is 5.44. The summed E-state index contributed by atoms with van der Waals surface area (Å²) in [4.78, 5) is 37.8. The molecule has 0 bridgehead atoms. The van der Waals surface area contributed by atoms with Crippen molar-refractivity contribution in [3.63, 3.8) is 0 Å². The first-order chi connectivity index (χ1) is 19.8. The van der Waals surface area contributed by atoms with Crippen molar-refractivity contribution in [1.29, 1.82) is 0 Å². The number of anilines is 2. The van der Waals surface area contributed by atoms with Crippen LogP contribution in [-0.4, -0.2) is 79.1 Å². The van der Waals surface area contributed by atoms with E-state index in [9.17, 15) is 9.59 Å². The number of rotatable bonds is 9. The molecule has 4 aromatic rings. The molecule has 41 heavy (non-hydrogen) atoms. The number of H-pyrrole nitrogens is 1. The maximum atomic E-state index is 12.9. The summed E-state index contributed by atoms with van der Waals surface area (Å²) >= 11 is 12.8. The number of ether oxygens (including phenoxy) is 1. The number of carbonyl (C=O) groups is 1. The summed E-state index contributed by atoms with van der Waals surface area (Å²) in [6, 6.07) is 14.1. The Morgan fingerprint density at radius 2 is 1.80 bits per heavy atom. The number of hydrogen-bond donors (Lipinski definition) is 3. The number of pyridine rings is 2. The number of nitrogens with one attached hydrogen (secondary N) is 3. The van der Waals surface area contributed by atoms with Gasteiger partial charge in [0.05, 0.1) is 29.4 Å². The van der Waals surface area contributed by atoms with Crippen molar-refractivity contribution in [3.8, 4) is 5.75 Å². The van der Waals surface area contributed by atoms with Crippen LogP contribution in [0.15, 0.2) is 59.5 Å². The minimum Gasteiger partial charge on any atom is -0.495 e.